The summed E-state index contributed by atoms with van der Waals surface area (Å²) in [6, 6.07) is 1.79. The number of rotatable bonds is 6. The first-order valence-electron chi connectivity index (χ1n) is 6.06. The van der Waals surface area contributed by atoms with Gasteiger partial charge in [-0.05, 0) is 6.42 Å². The molecule has 1 rings (SSSR count). The summed E-state index contributed by atoms with van der Waals surface area (Å²) in [5.74, 6) is 2.22. The largest absolute Gasteiger partial charge is 0.373 e. The summed E-state index contributed by atoms with van der Waals surface area (Å²) in [6.45, 7) is 2.32. The first kappa shape index (κ1) is 14.2. The summed E-state index contributed by atoms with van der Waals surface area (Å²) in [6.07, 6.45) is 1.81. The van der Waals surface area contributed by atoms with Crippen LogP contribution in [0.3, 0.4) is 0 Å². The summed E-state index contributed by atoms with van der Waals surface area (Å²) < 4.78 is 0. The van der Waals surface area contributed by atoms with Crippen LogP contribution in [0.5, 0.6) is 0 Å². The molecule has 0 aliphatic rings. The molecule has 100 valence electrons. The van der Waals surface area contributed by atoms with Gasteiger partial charge in [-0.25, -0.2) is 9.97 Å². The number of likely N-dealkylation sites (N-methyl/N-ethyl adjacent to an activating group) is 1. The van der Waals surface area contributed by atoms with E-state index in [-0.39, 0.29) is 12.5 Å². The van der Waals surface area contributed by atoms with Gasteiger partial charge in [-0.1, -0.05) is 6.92 Å². The summed E-state index contributed by atoms with van der Waals surface area (Å²) >= 11 is 0. The van der Waals surface area contributed by atoms with Crippen molar-refractivity contribution in [1.82, 2.24) is 14.9 Å². The highest BCUT2D eigenvalue weighted by Crippen LogP contribution is 2.11. The Morgan fingerprint density at radius 2 is 2.00 bits per heavy atom. The highest BCUT2D eigenvalue weighted by atomic mass is 16.2. The molecule has 2 N–H and O–H groups in total. The number of aromatic nitrogens is 2. The molecule has 1 amide bonds. The van der Waals surface area contributed by atoms with Crippen molar-refractivity contribution in [3.63, 3.8) is 0 Å². The van der Waals surface area contributed by atoms with Crippen molar-refractivity contribution in [3.8, 4) is 0 Å². The number of aryl methyl sites for hydroxylation is 1. The molecular formula is C12H21N5O. The normalized spacial score (nSPS) is 10.0. The van der Waals surface area contributed by atoms with Crippen molar-refractivity contribution in [1.29, 1.82) is 0 Å². The minimum atomic E-state index is 0.0108. The highest BCUT2D eigenvalue weighted by Gasteiger charge is 2.06. The van der Waals surface area contributed by atoms with Gasteiger partial charge < -0.3 is 15.5 Å². The van der Waals surface area contributed by atoms with Crippen molar-refractivity contribution in [3.05, 3.63) is 11.9 Å². The molecule has 1 aromatic rings. The zero-order valence-corrected chi connectivity index (χ0v) is 11.4. The first-order valence-corrected chi connectivity index (χ1v) is 6.06. The van der Waals surface area contributed by atoms with E-state index < -0.39 is 0 Å². The number of nitrogens with one attached hydrogen (secondary N) is 2. The van der Waals surface area contributed by atoms with Crippen LogP contribution in [0.25, 0.3) is 0 Å². The standard InChI is InChI=1S/C12H21N5O/c1-5-6-9-15-10(13-2)7-11(16-9)14-8-12(18)17(3)4/h7H,5-6,8H2,1-4H3,(H2,13,14,15,16). The Morgan fingerprint density at radius 1 is 1.33 bits per heavy atom. The van der Waals surface area contributed by atoms with Crippen LogP contribution in [-0.4, -0.2) is 48.5 Å². The third kappa shape index (κ3) is 4.20. The molecule has 1 aromatic heterocycles. The van der Waals surface area contributed by atoms with Crippen LogP contribution in [0.1, 0.15) is 19.2 Å². The van der Waals surface area contributed by atoms with Gasteiger partial charge in [-0.3, -0.25) is 4.79 Å². The Balaban J connectivity index is 2.75. The molecular weight excluding hydrogens is 230 g/mol. The van der Waals surface area contributed by atoms with Gasteiger partial charge in [-0.2, -0.15) is 0 Å². The van der Waals surface area contributed by atoms with E-state index >= 15 is 0 Å². The molecule has 6 nitrogen and oxygen atoms in total. The van der Waals surface area contributed by atoms with E-state index in [1.807, 2.05) is 7.05 Å². The van der Waals surface area contributed by atoms with Gasteiger partial charge in [0.25, 0.3) is 0 Å². The molecule has 0 saturated carbocycles. The molecule has 0 bridgehead atoms. The quantitative estimate of drug-likeness (QED) is 0.788. The molecule has 0 spiro atoms. The van der Waals surface area contributed by atoms with Crippen molar-refractivity contribution in [2.75, 3.05) is 38.3 Å². The van der Waals surface area contributed by atoms with Crippen LogP contribution in [0, 0.1) is 0 Å². The average Bonchev–Trinajstić information content (AvgIpc) is 2.35. The van der Waals surface area contributed by atoms with Crippen molar-refractivity contribution in [2.24, 2.45) is 0 Å². The van der Waals surface area contributed by atoms with Gasteiger partial charge in [0.05, 0.1) is 6.54 Å². The molecule has 0 aliphatic carbocycles. The molecule has 0 fully saturated rings. The average molecular weight is 251 g/mol. The lowest BCUT2D eigenvalue weighted by Crippen LogP contribution is -2.28. The second-order valence-corrected chi connectivity index (χ2v) is 4.20. The molecule has 0 radical (unpaired) electrons. The first-order chi connectivity index (χ1) is 8.56. The molecule has 18 heavy (non-hydrogen) atoms. The number of anilines is 2. The molecule has 6 heteroatoms. The number of carbonyl (C=O) groups is 1. The topological polar surface area (TPSA) is 70.2 Å². The van der Waals surface area contributed by atoms with Gasteiger partial charge in [-0.15, -0.1) is 0 Å². The Hall–Kier alpha value is -1.85. The minimum Gasteiger partial charge on any atom is -0.373 e. The Labute approximate surface area is 108 Å². The van der Waals surface area contributed by atoms with E-state index in [4.69, 9.17) is 0 Å². The van der Waals surface area contributed by atoms with Crippen molar-refractivity contribution >= 4 is 17.5 Å². The number of amides is 1. The fourth-order valence-electron chi connectivity index (χ4n) is 1.38. The maximum atomic E-state index is 11.5. The lowest BCUT2D eigenvalue weighted by atomic mass is 10.3. The minimum absolute atomic E-state index is 0.0108. The number of hydrogen-bond acceptors (Lipinski definition) is 5. The van der Waals surface area contributed by atoms with Crippen LogP contribution in [-0.2, 0) is 11.2 Å². The molecule has 0 atom stereocenters. The third-order valence-electron chi connectivity index (χ3n) is 2.42. The van der Waals surface area contributed by atoms with Crippen molar-refractivity contribution in [2.45, 2.75) is 19.8 Å². The van der Waals surface area contributed by atoms with E-state index in [1.54, 1.807) is 25.1 Å². The number of carbonyl (C=O) groups excluding carboxylic acids is 1. The second kappa shape index (κ2) is 6.78. The third-order valence-corrected chi connectivity index (χ3v) is 2.42. The fraction of sp³-hybridized carbons (Fsp3) is 0.583. The molecule has 0 aromatic carbocycles. The van der Waals surface area contributed by atoms with Crippen LogP contribution in [0.2, 0.25) is 0 Å². The summed E-state index contributed by atoms with van der Waals surface area (Å²) in [5.41, 5.74) is 0. The van der Waals surface area contributed by atoms with E-state index in [0.717, 1.165) is 24.5 Å². The maximum absolute atomic E-state index is 11.5. The zero-order chi connectivity index (χ0) is 13.5. The maximum Gasteiger partial charge on any atom is 0.241 e. The van der Waals surface area contributed by atoms with E-state index in [2.05, 4.69) is 27.5 Å². The summed E-state index contributed by atoms with van der Waals surface area (Å²) in [4.78, 5) is 21.7. The SMILES string of the molecule is CCCc1nc(NC)cc(NCC(=O)N(C)C)n1. The Kier molecular flexibility index (Phi) is 5.35. The van der Waals surface area contributed by atoms with Gasteiger partial charge in [0, 0.05) is 33.6 Å². The van der Waals surface area contributed by atoms with E-state index in [1.165, 1.54) is 0 Å². The zero-order valence-electron chi connectivity index (χ0n) is 11.4. The van der Waals surface area contributed by atoms with Gasteiger partial charge in [0.1, 0.15) is 17.5 Å². The Morgan fingerprint density at radius 3 is 2.56 bits per heavy atom. The fourth-order valence-corrected chi connectivity index (χ4v) is 1.38. The molecule has 0 saturated heterocycles. The smallest absolute Gasteiger partial charge is 0.241 e. The highest BCUT2D eigenvalue weighted by molar-refractivity contribution is 5.80. The van der Waals surface area contributed by atoms with E-state index in [0.29, 0.717) is 5.82 Å². The summed E-state index contributed by atoms with van der Waals surface area (Å²) in [5, 5.41) is 6.01. The monoisotopic (exact) mass is 251 g/mol. The number of nitrogens with zero attached hydrogens (tertiary/aromatic N) is 3. The molecule has 0 aliphatic heterocycles. The van der Waals surface area contributed by atoms with Crippen LogP contribution in [0.15, 0.2) is 6.07 Å². The Bertz CT molecular complexity index is 405. The predicted molar refractivity (Wildman–Crippen MR) is 72.8 cm³/mol. The number of hydrogen-bond donors (Lipinski definition) is 2. The van der Waals surface area contributed by atoms with Gasteiger partial charge in [0.2, 0.25) is 5.91 Å². The second-order valence-electron chi connectivity index (χ2n) is 4.20. The van der Waals surface area contributed by atoms with Crippen molar-refractivity contribution < 1.29 is 4.79 Å². The van der Waals surface area contributed by atoms with Gasteiger partial charge in [0.15, 0.2) is 0 Å². The summed E-state index contributed by atoms with van der Waals surface area (Å²) in [7, 11) is 5.27. The predicted octanol–water partition coefficient (Wildman–Crippen LogP) is 0.971. The van der Waals surface area contributed by atoms with Gasteiger partial charge >= 0.3 is 0 Å². The lowest BCUT2D eigenvalue weighted by Gasteiger charge is -2.12. The van der Waals surface area contributed by atoms with Crippen LogP contribution < -0.4 is 10.6 Å². The molecule has 0 unspecified atom stereocenters. The van der Waals surface area contributed by atoms with Crippen LogP contribution >= 0.6 is 0 Å². The lowest BCUT2D eigenvalue weighted by molar-refractivity contribution is -0.126. The molecule has 1 heterocycles. The van der Waals surface area contributed by atoms with E-state index in [9.17, 15) is 4.79 Å². The van der Waals surface area contributed by atoms with Crippen LogP contribution in [0.4, 0.5) is 11.6 Å².